The van der Waals surface area contributed by atoms with Gasteiger partial charge in [0.15, 0.2) is 0 Å². The second-order valence-corrected chi connectivity index (χ2v) is 1.78. The van der Waals surface area contributed by atoms with Gasteiger partial charge in [0.05, 0.1) is 0 Å². The molecule has 3 heteroatoms. The molecular weight excluding hydrogens is 102 g/mol. The van der Waals surface area contributed by atoms with Gasteiger partial charge in [-0.1, -0.05) is 0 Å². The van der Waals surface area contributed by atoms with E-state index in [9.17, 15) is 0 Å². The molecule has 1 atom stereocenters. The number of nitrogens with two attached hydrogens (primary N) is 2. The van der Waals surface area contributed by atoms with E-state index < -0.39 is 0 Å². The molecule has 0 spiro atoms. The number of rotatable bonds is 4. The second kappa shape index (κ2) is 4.74. The second-order valence-electron chi connectivity index (χ2n) is 1.78. The minimum atomic E-state index is 0.0949. The molecule has 0 aliphatic rings. The van der Waals surface area contributed by atoms with Gasteiger partial charge in [-0.05, 0) is 25.6 Å². The first-order chi connectivity index (χ1) is 3.81. The Labute approximate surface area is 49.6 Å². The Morgan fingerprint density at radius 3 is 2.62 bits per heavy atom. The average Bonchev–Trinajstić information content (AvgIpc) is 1.68. The molecular formula is C5H13N3. The van der Waals surface area contributed by atoms with Crippen LogP contribution in [0.25, 0.3) is 0 Å². The van der Waals surface area contributed by atoms with Gasteiger partial charge in [-0.2, -0.15) is 0 Å². The van der Waals surface area contributed by atoms with Crippen molar-refractivity contribution in [3.8, 4) is 0 Å². The Morgan fingerprint density at radius 2 is 2.25 bits per heavy atom. The van der Waals surface area contributed by atoms with Crippen molar-refractivity contribution < 1.29 is 0 Å². The summed E-state index contributed by atoms with van der Waals surface area (Å²) in [7, 11) is 0. The van der Waals surface area contributed by atoms with Crippen molar-refractivity contribution in [2.45, 2.75) is 18.9 Å². The normalized spacial score (nSPS) is 13.2. The van der Waals surface area contributed by atoms with Crippen LogP contribution in [0.2, 0.25) is 0 Å². The topological polar surface area (TPSA) is 75.9 Å². The van der Waals surface area contributed by atoms with Crippen molar-refractivity contribution in [1.82, 2.24) is 0 Å². The lowest BCUT2D eigenvalue weighted by Gasteiger charge is -2.03. The molecule has 0 saturated carbocycles. The highest BCUT2D eigenvalue weighted by Crippen LogP contribution is 1.87. The minimum Gasteiger partial charge on any atom is -0.330 e. The third-order valence-electron chi connectivity index (χ3n) is 0.958. The highest BCUT2D eigenvalue weighted by atomic mass is 14.6. The van der Waals surface area contributed by atoms with Gasteiger partial charge in [0.2, 0.25) is 0 Å². The van der Waals surface area contributed by atoms with Gasteiger partial charge in [0.25, 0.3) is 0 Å². The fourth-order valence-corrected chi connectivity index (χ4v) is 0.483. The highest BCUT2D eigenvalue weighted by Gasteiger charge is 1.95. The van der Waals surface area contributed by atoms with Crippen LogP contribution < -0.4 is 11.5 Å². The van der Waals surface area contributed by atoms with Gasteiger partial charge >= 0.3 is 0 Å². The molecule has 3 nitrogen and oxygen atoms in total. The smallest absolute Gasteiger partial charge is 0.0100 e. The van der Waals surface area contributed by atoms with Gasteiger partial charge in [0.1, 0.15) is 0 Å². The van der Waals surface area contributed by atoms with Crippen LogP contribution in [0.1, 0.15) is 12.8 Å². The van der Waals surface area contributed by atoms with E-state index in [1.807, 2.05) is 0 Å². The molecule has 48 valence electrons. The zero-order chi connectivity index (χ0) is 6.41. The number of hydrogen-bond donors (Lipinski definition) is 3. The molecule has 5 N–H and O–H groups in total. The molecule has 0 heterocycles. The molecule has 0 aliphatic heterocycles. The van der Waals surface area contributed by atoms with Gasteiger partial charge in [-0.25, -0.2) is 0 Å². The highest BCUT2D eigenvalue weighted by molar-refractivity contribution is 5.53. The van der Waals surface area contributed by atoms with Crippen LogP contribution in [-0.2, 0) is 0 Å². The molecule has 0 aliphatic carbocycles. The number of nitrogens with one attached hydrogen (secondary N) is 1. The summed E-state index contributed by atoms with van der Waals surface area (Å²) in [5, 5.41) is 6.67. The van der Waals surface area contributed by atoms with E-state index in [-0.39, 0.29) is 6.04 Å². The van der Waals surface area contributed by atoms with Crippen LogP contribution in [-0.4, -0.2) is 18.8 Å². The average molecular weight is 115 g/mol. The standard InChI is InChI=1S/C5H13N3/c6-3-1-5(8)2-4-7/h3,5-6H,1-2,4,7-8H2. The first kappa shape index (κ1) is 7.59. The van der Waals surface area contributed by atoms with Gasteiger partial charge in [-0.15, -0.1) is 0 Å². The van der Waals surface area contributed by atoms with Crippen LogP contribution in [0.5, 0.6) is 0 Å². The van der Waals surface area contributed by atoms with E-state index in [2.05, 4.69) is 0 Å². The molecule has 8 heavy (non-hydrogen) atoms. The Balaban J connectivity index is 3.03. The summed E-state index contributed by atoms with van der Waals surface area (Å²) < 4.78 is 0. The quantitative estimate of drug-likeness (QED) is 0.440. The van der Waals surface area contributed by atoms with Crippen molar-refractivity contribution in [2.75, 3.05) is 6.54 Å². The maximum absolute atomic E-state index is 6.67. The van der Waals surface area contributed by atoms with Gasteiger partial charge < -0.3 is 16.9 Å². The third-order valence-corrected chi connectivity index (χ3v) is 0.958. The third kappa shape index (κ3) is 3.77. The summed E-state index contributed by atoms with van der Waals surface area (Å²) in [6.45, 7) is 0.620. The Kier molecular flexibility index (Phi) is 4.50. The monoisotopic (exact) mass is 115 g/mol. The van der Waals surface area contributed by atoms with Crippen molar-refractivity contribution in [1.29, 1.82) is 5.41 Å². The minimum absolute atomic E-state index is 0.0949. The lowest BCUT2D eigenvalue weighted by atomic mass is 10.2. The van der Waals surface area contributed by atoms with E-state index >= 15 is 0 Å². The Morgan fingerprint density at radius 1 is 1.62 bits per heavy atom. The summed E-state index contributed by atoms with van der Waals surface area (Å²) >= 11 is 0. The fraction of sp³-hybridized carbons (Fsp3) is 0.800. The Hall–Kier alpha value is -0.410. The molecule has 0 amide bonds. The lowest BCUT2D eigenvalue weighted by Crippen LogP contribution is -2.23. The first-order valence-electron chi connectivity index (χ1n) is 2.76. The largest absolute Gasteiger partial charge is 0.330 e. The molecule has 0 saturated heterocycles. The van der Waals surface area contributed by atoms with E-state index in [4.69, 9.17) is 16.9 Å². The SMILES string of the molecule is N=CCC(N)CCN. The molecule has 0 aromatic rings. The summed E-state index contributed by atoms with van der Waals surface area (Å²) in [4.78, 5) is 0. The molecule has 0 radical (unpaired) electrons. The molecule has 1 unspecified atom stereocenters. The molecule has 0 rings (SSSR count). The van der Waals surface area contributed by atoms with Crippen molar-refractivity contribution >= 4 is 6.21 Å². The van der Waals surface area contributed by atoms with Crippen LogP contribution in [0.4, 0.5) is 0 Å². The van der Waals surface area contributed by atoms with Crippen molar-refractivity contribution in [3.05, 3.63) is 0 Å². The summed E-state index contributed by atoms with van der Waals surface area (Å²) in [5.74, 6) is 0. The van der Waals surface area contributed by atoms with E-state index in [1.165, 1.54) is 6.21 Å². The summed E-state index contributed by atoms with van der Waals surface area (Å²) in [6.07, 6.45) is 2.78. The van der Waals surface area contributed by atoms with Gasteiger partial charge in [0, 0.05) is 6.04 Å². The molecule has 0 aromatic carbocycles. The van der Waals surface area contributed by atoms with E-state index in [0.29, 0.717) is 13.0 Å². The predicted molar refractivity (Wildman–Crippen MR) is 35.0 cm³/mol. The van der Waals surface area contributed by atoms with Crippen LogP contribution in [0.3, 0.4) is 0 Å². The number of hydrogen-bond acceptors (Lipinski definition) is 3. The summed E-state index contributed by atoms with van der Waals surface area (Å²) in [5.41, 5.74) is 10.7. The summed E-state index contributed by atoms with van der Waals surface area (Å²) in [6, 6.07) is 0.0949. The van der Waals surface area contributed by atoms with E-state index in [1.54, 1.807) is 0 Å². The molecule has 0 aromatic heterocycles. The van der Waals surface area contributed by atoms with E-state index in [0.717, 1.165) is 6.42 Å². The van der Waals surface area contributed by atoms with Crippen LogP contribution >= 0.6 is 0 Å². The zero-order valence-corrected chi connectivity index (χ0v) is 4.93. The lowest BCUT2D eigenvalue weighted by molar-refractivity contribution is 0.646. The zero-order valence-electron chi connectivity index (χ0n) is 4.93. The van der Waals surface area contributed by atoms with Crippen molar-refractivity contribution in [2.24, 2.45) is 11.5 Å². The maximum atomic E-state index is 6.67. The first-order valence-corrected chi connectivity index (χ1v) is 2.76. The van der Waals surface area contributed by atoms with Gasteiger partial charge in [-0.3, -0.25) is 0 Å². The maximum Gasteiger partial charge on any atom is 0.0100 e. The fourth-order valence-electron chi connectivity index (χ4n) is 0.483. The van der Waals surface area contributed by atoms with Crippen molar-refractivity contribution in [3.63, 3.8) is 0 Å². The predicted octanol–water partition coefficient (Wildman–Crippen LogP) is -0.298. The van der Waals surface area contributed by atoms with Crippen LogP contribution in [0, 0.1) is 5.41 Å². The molecule has 0 fully saturated rings. The molecule has 0 bridgehead atoms. The van der Waals surface area contributed by atoms with Crippen LogP contribution in [0.15, 0.2) is 0 Å². The Bertz CT molecular complexity index is 62.7.